The standard InChI is InChI=1S/C38H51N3O12S2.C2H6O.H2O/c1-5-7-18-38(6-2)23-54(46,47)30-17-16-27(41(3)4)20-28(30)31(35(38)44)25-14-11-15-26(19-25)39-37(45)40-36-33(43)34(51-21-24-12-9-8-10-13-24)32(42)29(53-36)22-52-55(48,49)50;1-2-3;/h8-17,19-20,29,31-36,42-44H,5-7,18,21-23H2,1-4H3,(H2,39,40,45)(H,48,49,50);3H,2H2,1H3;1H2/t29-,31-,32-,33-,34+,35-,36?,38-;;/m1../s1. The molecular weight excluding hydrogens is 811 g/mol. The minimum absolute atomic E-state index is 0. The second-order valence-corrected chi connectivity index (χ2v) is 17.8. The summed E-state index contributed by atoms with van der Waals surface area (Å²) in [5.41, 5.74) is 1.78. The Kier molecular flexibility index (Phi) is 18.2. The van der Waals surface area contributed by atoms with E-state index in [0.29, 0.717) is 29.5 Å². The van der Waals surface area contributed by atoms with E-state index in [2.05, 4.69) is 14.8 Å². The van der Waals surface area contributed by atoms with Crippen molar-refractivity contribution in [1.82, 2.24) is 5.32 Å². The summed E-state index contributed by atoms with van der Waals surface area (Å²) in [5, 5.41) is 47.2. The molecule has 2 aliphatic heterocycles. The van der Waals surface area contributed by atoms with Gasteiger partial charge >= 0.3 is 16.4 Å². The zero-order valence-corrected chi connectivity index (χ0v) is 35.5. The van der Waals surface area contributed by atoms with Gasteiger partial charge in [0.05, 0.1) is 30.0 Å². The molecule has 2 amide bonds. The molecule has 1 unspecified atom stereocenters. The Morgan fingerprint density at radius 2 is 1.66 bits per heavy atom. The first-order valence-electron chi connectivity index (χ1n) is 19.2. The fourth-order valence-electron chi connectivity index (χ4n) is 7.42. The van der Waals surface area contributed by atoms with Gasteiger partial charge in [0.15, 0.2) is 16.1 Å². The van der Waals surface area contributed by atoms with Crippen LogP contribution < -0.4 is 15.5 Å². The zero-order valence-electron chi connectivity index (χ0n) is 33.9. The Balaban J connectivity index is 0.00000225. The molecule has 5 rings (SSSR count). The van der Waals surface area contributed by atoms with Gasteiger partial charge < -0.3 is 50.9 Å². The van der Waals surface area contributed by atoms with Gasteiger partial charge in [-0.15, -0.1) is 0 Å². The molecule has 8 atom stereocenters. The average molecular weight is 870 g/mol. The minimum atomic E-state index is -4.93. The molecule has 0 saturated carbocycles. The van der Waals surface area contributed by atoms with Crippen molar-refractivity contribution in [2.75, 3.05) is 43.3 Å². The molecule has 19 heteroatoms. The molecule has 2 heterocycles. The van der Waals surface area contributed by atoms with Gasteiger partial charge in [-0.3, -0.25) is 4.55 Å². The Hall–Kier alpha value is -3.73. The molecule has 0 spiro atoms. The highest BCUT2D eigenvalue weighted by atomic mass is 32.3. The van der Waals surface area contributed by atoms with E-state index in [1.165, 1.54) is 0 Å². The molecule has 0 bridgehead atoms. The molecule has 1 saturated heterocycles. The van der Waals surface area contributed by atoms with Crippen LogP contribution in [0.25, 0.3) is 0 Å². The maximum absolute atomic E-state index is 14.0. The van der Waals surface area contributed by atoms with Gasteiger partial charge in [-0.05, 0) is 66.8 Å². The molecule has 0 aliphatic carbocycles. The number of carbonyl (C=O) groups excluding carboxylic acids is 1. The molecule has 330 valence electrons. The van der Waals surface area contributed by atoms with E-state index in [-0.39, 0.29) is 35.0 Å². The van der Waals surface area contributed by atoms with E-state index >= 15 is 0 Å². The van der Waals surface area contributed by atoms with Crippen molar-refractivity contribution in [3.05, 3.63) is 89.5 Å². The molecule has 3 aromatic rings. The monoisotopic (exact) mass is 869 g/mol. The number of ether oxygens (including phenoxy) is 2. The number of fused-ring (bicyclic) bond motifs is 1. The van der Waals surface area contributed by atoms with Crippen LogP contribution in [0.1, 0.15) is 69.1 Å². The fourth-order valence-corrected chi connectivity index (χ4v) is 9.98. The zero-order chi connectivity index (χ0) is 42.8. The molecule has 0 aromatic heterocycles. The summed E-state index contributed by atoms with van der Waals surface area (Å²) in [4.78, 5) is 15.5. The van der Waals surface area contributed by atoms with E-state index in [4.69, 9.17) is 19.1 Å². The lowest BCUT2D eigenvalue weighted by Crippen LogP contribution is -2.64. The summed E-state index contributed by atoms with van der Waals surface area (Å²) in [6.45, 7) is 4.93. The van der Waals surface area contributed by atoms with Crippen molar-refractivity contribution >= 4 is 37.6 Å². The quantitative estimate of drug-likeness (QED) is 0.115. The average Bonchev–Trinajstić information content (AvgIpc) is 3.24. The first kappa shape index (κ1) is 49.6. The maximum atomic E-state index is 14.0. The lowest BCUT2D eigenvalue weighted by molar-refractivity contribution is -0.246. The Bertz CT molecular complexity index is 2020. The van der Waals surface area contributed by atoms with Crippen molar-refractivity contribution < 1.29 is 65.7 Å². The molecule has 1 fully saturated rings. The Morgan fingerprint density at radius 1 is 0.983 bits per heavy atom. The minimum Gasteiger partial charge on any atom is -0.412 e. The highest BCUT2D eigenvalue weighted by molar-refractivity contribution is 7.91. The number of sulfone groups is 1. The summed E-state index contributed by atoms with van der Waals surface area (Å²) in [6, 6.07) is 19.8. The number of urea groups is 1. The van der Waals surface area contributed by atoms with Gasteiger partial charge in [-0.1, -0.05) is 69.2 Å². The summed E-state index contributed by atoms with van der Waals surface area (Å²) >= 11 is 0. The second-order valence-electron chi connectivity index (χ2n) is 14.7. The summed E-state index contributed by atoms with van der Waals surface area (Å²) in [7, 11) is -5.07. The Labute approximate surface area is 346 Å². The van der Waals surface area contributed by atoms with Gasteiger partial charge in [-0.25, -0.2) is 17.4 Å². The van der Waals surface area contributed by atoms with Gasteiger partial charge in [0, 0.05) is 43.4 Å². The van der Waals surface area contributed by atoms with Crippen molar-refractivity contribution in [3.8, 4) is 0 Å². The SMILES string of the molecule is CCCC[C@]1(CC)CS(=O)(=O)c2ccc(N(C)C)cc2[C@@H](c2cccc(NC(=O)NC3O[C@H](COS(=O)(=O)O)[C@@H](O)[C@H](OCc4ccccc4)[C@H]3O)c2)[C@H]1O.CCO.O. The van der Waals surface area contributed by atoms with Crippen LogP contribution >= 0.6 is 0 Å². The van der Waals surface area contributed by atoms with Crippen molar-refractivity contribution in [2.24, 2.45) is 5.41 Å². The number of unbranched alkanes of at least 4 members (excludes halogenated alkanes) is 1. The lowest BCUT2D eigenvalue weighted by Gasteiger charge is -2.42. The van der Waals surface area contributed by atoms with E-state index in [9.17, 15) is 36.9 Å². The highest BCUT2D eigenvalue weighted by Crippen LogP contribution is 2.49. The number of rotatable bonds is 14. The first-order chi connectivity index (χ1) is 27.4. The van der Waals surface area contributed by atoms with Gasteiger partial charge in [0.1, 0.15) is 24.4 Å². The summed E-state index contributed by atoms with van der Waals surface area (Å²) in [6.07, 6.45) is -6.32. The first-order valence-corrected chi connectivity index (χ1v) is 22.2. The third-order valence-electron chi connectivity index (χ3n) is 10.5. The molecular formula is C40H59N3O14S2. The fraction of sp³-hybridized carbons (Fsp3) is 0.525. The molecule has 0 radical (unpaired) electrons. The number of nitrogens with zero attached hydrogens (tertiary/aromatic N) is 1. The van der Waals surface area contributed by atoms with Gasteiger partial charge in [0.2, 0.25) is 0 Å². The smallest absolute Gasteiger partial charge is 0.397 e. The van der Waals surface area contributed by atoms with E-state index in [0.717, 1.165) is 18.5 Å². The number of amides is 2. The third-order valence-corrected chi connectivity index (χ3v) is 12.9. The van der Waals surface area contributed by atoms with E-state index in [1.807, 2.05) is 32.8 Å². The molecule has 9 N–H and O–H groups in total. The number of hydrogen-bond acceptors (Lipinski definition) is 13. The topological polar surface area (TPSA) is 273 Å². The molecule has 17 nitrogen and oxygen atoms in total. The van der Waals surface area contributed by atoms with Crippen LogP contribution in [0.4, 0.5) is 16.2 Å². The number of carbonyl (C=O) groups is 1. The van der Waals surface area contributed by atoms with Crippen LogP contribution in [0, 0.1) is 5.41 Å². The number of aliphatic hydroxyl groups is 4. The summed E-state index contributed by atoms with van der Waals surface area (Å²) < 4.78 is 75.7. The largest absolute Gasteiger partial charge is 0.412 e. The molecule has 2 aliphatic rings. The third kappa shape index (κ3) is 12.6. The number of benzene rings is 3. The predicted molar refractivity (Wildman–Crippen MR) is 221 cm³/mol. The van der Waals surface area contributed by atoms with Crippen LogP contribution in [0.15, 0.2) is 77.7 Å². The molecule has 3 aromatic carbocycles. The van der Waals surface area contributed by atoms with Crippen molar-refractivity contribution in [3.63, 3.8) is 0 Å². The number of nitrogens with one attached hydrogen (secondary N) is 2. The van der Waals surface area contributed by atoms with Crippen LogP contribution in [0.5, 0.6) is 0 Å². The number of anilines is 2. The van der Waals surface area contributed by atoms with Gasteiger partial charge in [-0.2, -0.15) is 8.42 Å². The normalized spacial score (nSPS) is 26.2. The number of hydrogen-bond donors (Lipinski definition) is 7. The van der Waals surface area contributed by atoms with Crippen LogP contribution in [0.3, 0.4) is 0 Å². The van der Waals surface area contributed by atoms with Gasteiger partial charge in [0.25, 0.3) is 0 Å². The van der Waals surface area contributed by atoms with E-state index in [1.54, 1.807) is 79.7 Å². The highest BCUT2D eigenvalue weighted by Gasteiger charge is 2.49. The Morgan fingerprint density at radius 3 is 2.27 bits per heavy atom. The lowest BCUT2D eigenvalue weighted by atomic mass is 9.69. The molecule has 59 heavy (non-hydrogen) atoms. The predicted octanol–water partition coefficient (Wildman–Crippen LogP) is 2.77. The summed E-state index contributed by atoms with van der Waals surface area (Å²) in [5.74, 6) is -1.00. The van der Waals surface area contributed by atoms with Crippen LogP contribution in [-0.2, 0) is 40.5 Å². The van der Waals surface area contributed by atoms with Crippen molar-refractivity contribution in [1.29, 1.82) is 0 Å². The second kappa shape index (κ2) is 21.7. The van der Waals surface area contributed by atoms with Crippen LogP contribution in [-0.4, -0.2) is 123 Å². The van der Waals surface area contributed by atoms with E-state index < -0.39 is 81.0 Å². The van der Waals surface area contributed by atoms with Crippen molar-refractivity contribution in [2.45, 2.75) is 101 Å². The van der Waals surface area contributed by atoms with Crippen LogP contribution in [0.2, 0.25) is 0 Å². The number of aliphatic hydroxyl groups excluding tert-OH is 4. The maximum Gasteiger partial charge on any atom is 0.397 e.